The Morgan fingerprint density at radius 3 is 0.970 bits per heavy atom. The molecule has 0 saturated heterocycles. The molecular weight excluding hydrogens is 825 g/mol. The SMILES string of the molecule is CC/C=C\C/C=C\C/C=C\C/C=C\C/C=C\CCCCCCCCCCCCCCCCCCCCCC(=O)OC(CO)COC(=O)CCCCCCCCCCCCCCCCCCCC. The highest BCUT2D eigenvalue weighted by atomic mass is 16.6. The number of allylic oxidation sites excluding steroid dienone is 10. The van der Waals surface area contributed by atoms with Crippen LogP contribution in [0.2, 0.25) is 0 Å². The molecule has 1 N–H and O–H groups in total. The Kier molecular flexibility index (Phi) is 55.8. The molecule has 0 fully saturated rings. The largest absolute Gasteiger partial charge is 0.462 e. The molecule has 5 nitrogen and oxygen atoms in total. The van der Waals surface area contributed by atoms with Crippen molar-refractivity contribution < 1.29 is 24.2 Å². The number of esters is 2. The Labute approximate surface area is 417 Å². The van der Waals surface area contributed by atoms with E-state index in [1.165, 1.54) is 212 Å². The molecule has 0 aromatic rings. The summed E-state index contributed by atoms with van der Waals surface area (Å²) in [7, 11) is 0. The lowest BCUT2D eigenvalue weighted by atomic mass is 10.0. The lowest BCUT2D eigenvalue weighted by Crippen LogP contribution is -2.28. The first-order valence-electron chi connectivity index (χ1n) is 29.3. The van der Waals surface area contributed by atoms with Gasteiger partial charge in [0, 0.05) is 12.8 Å². The summed E-state index contributed by atoms with van der Waals surface area (Å²) in [4.78, 5) is 24.5. The summed E-state index contributed by atoms with van der Waals surface area (Å²) in [5.41, 5.74) is 0. The van der Waals surface area contributed by atoms with Crippen molar-refractivity contribution in [1.29, 1.82) is 0 Å². The van der Waals surface area contributed by atoms with Gasteiger partial charge in [0.1, 0.15) is 6.61 Å². The minimum absolute atomic E-state index is 0.0607. The van der Waals surface area contributed by atoms with Gasteiger partial charge in [-0.25, -0.2) is 0 Å². The fourth-order valence-electron chi connectivity index (χ4n) is 8.70. The molecule has 0 aromatic heterocycles. The zero-order valence-electron chi connectivity index (χ0n) is 44.7. The topological polar surface area (TPSA) is 72.8 Å². The van der Waals surface area contributed by atoms with Gasteiger partial charge >= 0.3 is 11.9 Å². The maximum absolute atomic E-state index is 12.3. The van der Waals surface area contributed by atoms with Crippen molar-refractivity contribution in [2.75, 3.05) is 13.2 Å². The van der Waals surface area contributed by atoms with Gasteiger partial charge in [0.2, 0.25) is 0 Å². The number of carbonyl (C=O) groups is 2. The molecule has 0 rings (SSSR count). The second kappa shape index (κ2) is 57.9. The van der Waals surface area contributed by atoms with Gasteiger partial charge in [-0.2, -0.15) is 0 Å². The van der Waals surface area contributed by atoms with Gasteiger partial charge in [0.15, 0.2) is 6.10 Å². The van der Waals surface area contributed by atoms with Crippen LogP contribution in [0.1, 0.15) is 303 Å². The number of carbonyl (C=O) groups excluding carboxylic acids is 2. The van der Waals surface area contributed by atoms with Crippen molar-refractivity contribution in [3.63, 3.8) is 0 Å². The van der Waals surface area contributed by atoms with Crippen molar-refractivity contribution in [2.24, 2.45) is 0 Å². The van der Waals surface area contributed by atoms with E-state index in [0.717, 1.165) is 64.2 Å². The molecule has 0 aliphatic heterocycles. The third-order valence-corrected chi connectivity index (χ3v) is 13.1. The van der Waals surface area contributed by atoms with Crippen LogP contribution in [0.5, 0.6) is 0 Å². The van der Waals surface area contributed by atoms with Gasteiger partial charge in [-0.15, -0.1) is 0 Å². The normalized spacial score (nSPS) is 12.6. The van der Waals surface area contributed by atoms with Crippen molar-refractivity contribution >= 4 is 11.9 Å². The van der Waals surface area contributed by atoms with Gasteiger partial charge in [-0.3, -0.25) is 9.59 Å². The maximum atomic E-state index is 12.3. The highest BCUT2D eigenvalue weighted by Crippen LogP contribution is 2.17. The first-order chi connectivity index (χ1) is 33.1. The van der Waals surface area contributed by atoms with Crippen LogP contribution >= 0.6 is 0 Å². The molecule has 1 unspecified atom stereocenters. The molecule has 0 aromatic carbocycles. The zero-order valence-corrected chi connectivity index (χ0v) is 44.7. The lowest BCUT2D eigenvalue weighted by molar-refractivity contribution is -0.161. The van der Waals surface area contributed by atoms with E-state index in [-0.39, 0.29) is 25.2 Å². The Hall–Kier alpha value is -2.40. The Bertz CT molecular complexity index is 1150. The number of hydrogen-bond donors (Lipinski definition) is 1. The van der Waals surface area contributed by atoms with Crippen molar-refractivity contribution in [3.8, 4) is 0 Å². The molecular formula is C62H112O5. The van der Waals surface area contributed by atoms with Gasteiger partial charge in [0.25, 0.3) is 0 Å². The molecule has 67 heavy (non-hydrogen) atoms. The van der Waals surface area contributed by atoms with Gasteiger partial charge < -0.3 is 14.6 Å². The Balaban J connectivity index is 3.43. The molecule has 0 radical (unpaired) electrons. The van der Waals surface area contributed by atoms with Crippen molar-refractivity contribution in [1.82, 2.24) is 0 Å². The van der Waals surface area contributed by atoms with Crippen LogP contribution in [-0.2, 0) is 19.1 Å². The molecule has 1 atom stereocenters. The first kappa shape index (κ1) is 64.6. The van der Waals surface area contributed by atoms with Crippen LogP contribution in [0.3, 0.4) is 0 Å². The van der Waals surface area contributed by atoms with Gasteiger partial charge in [0.05, 0.1) is 6.61 Å². The molecule has 0 aliphatic rings. The first-order valence-corrected chi connectivity index (χ1v) is 29.3. The van der Waals surface area contributed by atoms with Crippen molar-refractivity contribution in [2.45, 2.75) is 309 Å². The molecule has 390 valence electrons. The predicted molar refractivity (Wildman–Crippen MR) is 293 cm³/mol. The number of aliphatic hydroxyl groups is 1. The fourth-order valence-corrected chi connectivity index (χ4v) is 8.70. The van der Waals surface area contributed by atoms with E-state index in [1.54, 1.807) is 0 Å². The summed E-state index contributed by atoms with van der Waals surface area (Å²) in [5, 5.41) is 9.65. The van der Waals surface area contributed by atoms with Crippen LogP contribution in [0.4, 0.5) is 0 Å². The Morgan fingerprint density at radius 1 is 0.358 bits per heavy atom. The summed E-state index contributed by atoms with van der Waals surface area (Å²) >= 11 is 0. The summed E-state index contributed by atoms with van der Waals surface area (Å²) in [6.07, 6.45) is 77.8. The zero-order chi connectivity index (χ0) is 48.5. The summed E-state index contributed by atoms with van der Waals surface area (Å²) in [6.45, 7) is 4.07. The minimum atomic E-state index is -0.769. The fraction of sp³-hybridized carbons (Fsp3) is 0.806. The molecule has 5 heteroatoms. The Morgan fingerprint density at radius 2 is 0.642 bits per heavy atom. The van der Waals surface area contributed by atoms with E-state index in [4.69, 9.17) is 9.47 Å². The molecule has 0 amide bonds. The lowest BCUT2D eigenvalue weighted by Gasteiger charge is -2.15. The van der Waals surface area contributed by atoms with Gasteiger partial charge in [-0.05, 0) is 57.8 Å². The molecule has 0 bridgehead atoms. The number of ether oxygens (including phenoxy) is 2. The van der Waals surface area contributed by atoms with E-state index in [2.05, 4.69) is 74.6 Å². The van der Waals surface area contributed by atoms with E-state index in [1.807, 2.05) is 0 Å². The highest BCUT2D eigenvalue weighted by Gasteiger charge is 2.16. The highest BCUT2D eigenvalue weighted by molar-refractivity contribution is 5.70. The quantitative estimate of drug-likeness (QED) is 0.0374. The molecule has 0 saturated carbocycles. The molecule has 0 spiro atoms. The predicted octanol–water partition coefficient (Wildman–Crippen LogP) is 19.8. The standard InChI is InChI=1S/C62H112O5/c1-3-5-7-9-11-13-15-17-19-21-23-24-25-26-27-28-29-30-31-32-33-34-35-36-37-38-39-41-43-45-47-49-51-53-55-57-62(65)67-60(58-63)59-66-61(64)56-54-52-50-48-46-44-42-40-22-20-18-16-14-12-10-8-6-4-2/h5,7,11,13,17,19,23-24,26-27,60,63H,3-4,6,8-10,12,14-16,18,20-22,25,28-59H2,1-2H3/b7-5-,13-11-,19-17-,24-23-,27-26-. The van der Waals surface area contributed by atoms with E-state index in [0.29, 0.717) is 12.8 Å². The van der Waals surface area contributed by atoms with Crippen LogP contribution < -0.4 is 0 Å². The number of unbranched alkanes of at least 4 members (excludes halogenated alkanes) is 36. The average molecular weight is 938 g/mol. The third kappa shape index (κ3) is 56.1. The maximum Gasteiger partial charge on any atom is 0.306 e. The number of hydrogen-bond acceptors (Lipinski definition) is 5. The molecule has 0 heterocycles. The smallest absolute Gasteiger partial charge is 0.306 e. The van der Waals surface area contributed by atoms with Crippen LogP contribution in [0, 0.1) is 0 Å². The van der Waals surface area contributed by atoms with Crippen LogP contribution in [0.15, 0.2) is 60.8 Å². The van der Waals surface area contributed by atoms with Crippen LogP contribution in [0.25, 0.3) is 0 Å². The summed E-state index contributed by atoms with van der Waals surface area (Å²) < 4.78 is 10.7. The van der Waals surface area contributed by atoms with Gasteiger partial charge in [-0.1, -0.05) is 293 Å². The van der Waals surface area contributed by atoms with Crippen LogP contribution in [-0.4, -0.2) is 36.4 Å². The summed E-state index contributed by atoms with van der Waals surface area (Å²) in [5.74, 6) is -0.573. The van der Waals surface area contributed by atoms with E-state index >= 15 is 0 Å². The monoisotopic (exact) mass is 937 g/mol. The number of aliphatic hydroxyl groups excluding tert-OH is 1. The van der Waals surface area contributed by atoms with E-state index in [9.17, 15) is 14.7 Å². The summed E-state index contributed by atoms with van der Waals surface area (Å²) in [6, 6.07) is 0. The van der Waals surface area contributed by atoms with E-state index < -0.39 is 6.10 Å². The van der Waals surface area contributed by atoms with Crippen molar-refractivity contribution in [3.05, 3.63) is 60.8 Å². The second-order valence-corrected chi connectivity index (χ2v) is 19.7. The third-order valence-electron chi connectivity index (χ3n) is 13.1. The number of rotatable bonds is 54. The minimum Gasteiger partial charge on any atom is -0.462 e. The average Bonchev–Trinajstić information content (AvgIpc) is 3.33. The molecule has 0 aliphatic carbocycles. The second-order valence-electron chi connectivity index (χ2n) is 19.7.